The highest BCUT2D eigenvalue weighted by molar-refractivity contribution is 9.10. The Bertz CT molecular complexity index is 557. The van der Waals surface area contributed by atoms with Crippen molar-refractivity contribution in [1.82, 2.24) is 10.3 Å². The third kappa shape index (κ3) is 2.76. The number of hydrogen-bond acceptors (Lipinski definition) is 2. The molecule has 1 aromatic heterocycles. The summed E-state index contributed by atoms with van der Waals surface area (Å²) in [6, 6.07) is 7.54. The highest BCUT2D eigenvalue weighted by atomic mass is 79.9. The topological polar surface area (TPSA) is 24.9 Å². The van der Waals surface area contributed by atoms with Crippen LogP contribution in [0.4, 0.5) is 4.39 Å². The fraction of sp³-hybridized carbons (Fsp3) is 0.214. The van der Waals surface area contributed by atoms with Crippen LogP contribution in [0.2, 0.25) is 0 Å². The van der Waals surface area contributed by atoms with Crippen LogP contribution in [0.1, 0.15) is 22.7 Å². The first-order valence-corrected chi connectivity index (χ1v) is 6.45. The molecule has 0 spiro atoms. The van der Waals surface area contributed by atoms with E-state index in [9.17, 15) is 4.39 Å². The molecule has 1 unspecified atom stereocenters. The third-order valence-electron chi connectivity index (χ3n) is 2.81. The summed E-state index contributed by atoms with van der Waals surface area (Å²) in [4.78, 5) is 3.90. The van der Waals surface area contributed by atoms with E-state index in [-0.39, 0.29) is 11.9 Å². The number of aryl methyl sites for hydroxylation is 1. The van der Waals surface area contributed by atoms with E-state index in [2.05, 4.69) is 26.2 Å². The van der Waals surface area contributed by atoms with Gasteiger partial charge in [0.15, 0.2) is 0 Å². The lowest BCUT2D eigenvalue weighted by Gasteiger charge is -2.18. The van der Waals surface area contributed by atoms with Crippen molar-refractivity contribution < 1.29 is 4.39 Å². The SMILES string of the molecule is CNC(c1cncc(F)c1)c1ccc(C)cc1Br. The van der Waals surface area contributed by atoms with E-state index in [4.69, 9.17) is 0 Å². The van der Waals surface area contributed by atoms with E-state index >= 15 is 0 Å². The molecule has 18 heavy (non-hydrogen) atoms. The van der Waals surface area contributed by atoms with Gasteiger partial charge in [0.05, 0.1) is 12.2 Å². The summed E-state index contributed by atoms with van der Waals surface area (Å²) in [5, 5.41) is 3.19. The number of benzene rings is 1. The highest BCUT2D eigenvalue weighted by Crippen LogP contribution is 2.29. The van der Waals surface area contributed by atoms with E-state index in [1.165, 1.54) is 17.8 Å². The zero-order valence-corrected chi connectivity index (χ0v) is 11.8. The van der Waals surface area contributed by atoms with Gasteiger partial charge in [0, 0.05) is 10.7 Å². The minimum absolute atomic E-state index is 0.0804. The molecule has 1 N–H and O–H groups in total. The van der Waals surface area contributed by atoms with Crippen LogP contribution in [-0.4, -0.2) is 12.0 Å². The lowest BCUT2D eigenvalue weighted by molar-refractivity contribution is 0.608. The molecule has 0 radical (unpaired) electrons. The Kier molecular flexibility index (Phi) is 4.09. The van der Waals surface area contributed by atoms with Gasteiger partial charge in [0.25, 0.3) is 0 Å². The van der Waals surface area contributed by atoms with Gasteiger partial charge in [-0.3, -0.25) is 4.98 Å². The fourth-order valence-electron chi connectivity index (χ4n) is 1.95. The molecule has 1 atom stereocenters. The molecule has 0 saturated carbocycles. The van der Waals surface area contributed by atoms with Gasteiger partial charge in [-0.05, 0) is 42.8 Å². The quantitative estimate of drug-likeness (QED) is 0.937. The molecular formula is C14H14BrFN2. The molecule has 0 aliphatic rings. The van der Waals surface area contributed by atoms with Crippen LogP contribution < -0.4 is 5.32 Å². The van der Waals surface area contributed by atoms with Gasteiger partial charge in [-0.15, -0.1) is 0 Å². The molecule has 1 heterocycles. The largest absolute Gasteiger partial charge is 0.309 e. The molecule has 0 saturated heterocycles. The summed E-state index contributed by atoms with van der Waals surface area (Å²) >= 11 is 3.55. The summed E-state index contributed by atoms with van der Waals surface area (Å²) in [7, 11) is 1.85. The molecular weight excluding hydrogens is 295 g/mol. The first-order valence-electron chi connectivity index (χ1n) is 5.65. The van der Waals surface area contributed by atoms with Crippen LogP contribution in [0.15, 0.2) is 41.1 Å². The Morgan fingerprint density at radius 1 is 1.28 bits per heavy atom. The molecule has 2 rings (SSSR count). The first-order chi connectivity index (χ1) is 8.61. The van der Waals surface area contributed by atoms with E-state index < -0.39 is 0 Å². The fourth-order valence-corrected chi connectivity index (χ4v) is 2.68. The van der Waals surface area contributed by atoms with Crippen LogP contribution in [0.25, 0.3) is 0 Å². The maximum absolute atomic E-state index is 13.2. The zero-order valence-electron chi connectivity index (χ0n) is 10.2. The molecule has 0 aliphatic carbocycles. The van der Waals surface area contributed by atoms with Crippen LogP contribution in [0.5, 0.6) is 0 Å². The number of nitrogens with zero attached hydrogens (tertiary/aromatic N) is 1. The molecule has 2 aromatic rings. The third-order valence-corrected chi connectivity index (χ3v) is 3.50. The summed E-state index contributed by atoms with van der Waals surface area (Å²) in [5.41, 5.74) is 3.05. The Labute approximate surface area is 114 Å². The van der Waals surface area contributed by atoms with Crippen LogP contribution in [0.3, 0.4) is 0 Å². The van der Waals surface area contributed by atoms with Gasteiger partial charge < -0.3 is 5.32 Å². The van der Waals surface area contributed by atoms with Gasteiger partial charge in [0.2, 0.25) is 0 Å². The van der Waals surface area contributed by atoms with Crippen LogP contribution >= 0.6 is 15.9 Å². The molecule has 0 aliphatic heterocycles. The smallest absolute Gasteiger partial charge is 0.141 e. The van der Waals surface area contributed by atoms with Crippen LogP contribution in [-0.2, 0) is 0 Å². The number of pyridine rings is 1. The standard InChI is InChI=1S/C14H14BrFN2/c1-9-3-4-12(13(15)5-9)14(17-2)10-6-11(16)8-18-7-10/h3-8,14,17H,1-2H3. The Hall–Kier alpha value is -1.26. The second kappa shape index (κ2) is 5.59. The number of halogens is 2. The second-order valence-electron chi connectivity index (χ2n) is 4.18. The van der Waals surface area contributed by atoms with Gasteiger partial charge in [-0.25, -0.2) is 4.39 Å². The summed E-state index contributed by atoms with van der Waals surface area (Å²) < 4.78 is 14.2. The van der Waals surface area contributed by atoms with Crippen molar-refractivity contribution in [3.8, 4) is 0 Å². The molecule has 4 heteroatoms. The normalized spacial score (nSPS) is 12.4. The van der Waals surface area contributed by atoms with Crippen LogP contribution in [0, 0.1) is 12.7 Å². The molecule has 2 nitrogen and oxygen atoms in total. The molecule has 0 fully saturated rings. The van der Waals surface area contributed by atoms with E-state index in [0.717, 1.165) is 15.6 Å². The number of aromatic nitrogens is 1. The van der Waals surface area contributed by atoms with E-state index in [0.29, 0.717) is 0 Å². The van der Waals surface area contributed by atoms with E-state index in [1.807, 2.05) is 32.2 Å². The zero-order chi connectivity index (χ0) is 13.1. The number of rotatable bonds is 3. The van der Waals surface area contributed by atoms with Crippen molar-refractivity contribution >= 4 is 15.9 Å². The molecule has 0 bridgehead atoms. The van der Waals surface area contributed by atoms with Crippen molar-refractivity contribution in [3.05, 3.63) is 63.6 Å². The van der Waals surface area contributed by atoms with Crippen molar-refractivity contribution in [2.24, 2.45) is 0 Å². The summed E-state index contributed by atoms with van der Waals surface area (Å²) in [6.45, 7) is 2.03. The summed E-state index contributed by atoms with van der Waals surface area (Å²) in [5.74, 6) is -0.323. The average Bonchev–Trinajstić information content (AvgIpc) is 2.33. The van der Waals surface area contributed by atoms with Crippen molar-refractivity contribution in [2.45, 2.75) is 13.0 Å². The number of nitrogens with one attached hydrogen (secondary N) is 1. The summed E-state index contributed by atoms with van der Waals surface area (Å²) in [6.07, 6.45) is 2.89. The van der Waals surface area contributed by atoms with Crippen molar-refractivity contribution in [2.75, 3.05) is 7.05 Å². The Morgan fingerprint density at radius 3 is 2.67 bits per heavy atom. The second-order valence-corrected chi connectivity index (χ2v) is 5.04. The molecule has 1 aromatic carbocycles. The van der Waals surface area contributed by atoms with Gasteiger partial charge in [-0.2, -0.15) is 0 Å². The van der Waals surface area contributed by atoms with Gasteiger partial charge in [0.1, 0.15) is 5.82 Å². The Balaban J connectivity index is 2.45. The maximum atomic E-state index is 13.2. The van der Waals surface area contributed by atoms with Gasteiger partial charge in [-0.1, -0.05) is 28.1 Å². The first kappa shape index (κ1) is 13.2. The minimum atomic E-state index is -0.323. The van der Waals surface area contributed by atoms with Gasteiger partial charge >= 0.3 is 0 Å². The predicted molar refractivity (Wildman–Crippen MR) is 74.0 cm³/mol. The van der Waals surface area contributed by atoms with Crippen molar-refractivity contribution in [1.29, 1.82) is 0 Å². The Morgan fingerprint density at radius 2 is 2.06 bits per heavy atom. The number of hydrogen-bond donors (Lipinski definition) is 1. The van der Waals surface area contributed by atoms with Crippen molar-refractivity contribution in [3.63, 3.8) is 0 Å². The minimum Gasteiger partial charge on any atom is -0.309 e. The monoisotopic (exact) mass is 308 g/mol. The lowest BCUT2D eigenvalue weighted by Crippen LogP contribution is -2.18. The average molecular weight is 309 g/mol. The predicted octanol–water partition coefficient (Wildman–Crippen LogP) is 3.60. The highest BCUT2D eigenvalue weighted by Gasteiger charge is 2.15. The maximum Gasteiger partial charge on any atom is 0.141 e. The molecule has 0 amide bonds. The van der Waals surface area contributed by atoms with E-state index in [1.54, 1.807) is 6.20 Å². The lowest BCUT2D eigenvalue weighted by atomic mass is 9.99. The molecule has 94 valence electrons.